The monoisotopic (exact) mass is 894 g/mol. The third kappa shape index (κ3) is 10.4. The summed E-state index contributed by atoms with van der Waals surface area (Å²) in [6.07, 6.45) is 0. The Morgan fingerprint density at radius 3 is 1.83 bits per heavy atom. The summed E-state index contributed by atoms with van der Waals surface area (Å²) >= 11 is 0. The Kier molecular flexibility index (Phi) is 12.2. The van der Waals surface area contributed by atoms with Crippen LogP contribution in [0.1, 0.15) is 15.9 Å². The average Bonchev–Trinajstić information content (AvgIpc) is 3.13. The Morgan fingerprint density at radius 1 is 0.627 bits per heavy atom. The molecule has 0 atom stereocenters. The number of nitrogens with zero attached hydrogens (tertiary/aromatic N) is 6. The maximum atomic E-state index is 12.7. The molecule has 0 radical (unpaired) electrons. The van der Waals surface area contributed by atoms with Crippen molar-refractivity contribution in [1.29, 1.82) is 0 Å². The average molecular weight is 895 g/mol. The van der Waals surface area contributed by atoms with Gasteiger partial charge in [0.15, 0.2) is 27.0 Å². The summed E-state index contributed by atoms with van der Waals surface area (Å²) < 4.78 is 128. The molecule has 0 aliphatic carbocycles. The Bertz CT molecular complexity index is 3080. The van der Waals surface area contributed by atoms with Gasteiger partial charge in [0, 0.05) is 5.39 Å². The molecule has 0 unspecified atom stereocenters. The normalized spacial score (nSPS) is 12.9. The first-order valence-corrected chi connectivity index (χ1v) is 21.6. The Morgan fingerprint density at radius 2 is 1.22 bits per heavy atom. The minimum absolute atomic E-state index is 0.0745. The van der Waals surface area contributed by atoms with Crippen LogP contribution in [0.15, 0.2) is 118 Å². The number of hydrogen-bond donors (Lipinski definition) is 7. The van der Waals surface area contributed by atoms with E-state index in [1.807, 2.05) is 6.92 Å². The van der Waals surface area contributed by atoms with Gasteiger partial charge < -0.3 is 20.4 Å². The standard InChI is InChI=1S/C32H26N6O17S4/c1-16-2-5-18(6-3-16)33-36-27-22(32(42)43)15-24(39)28(31(27)41)37-34-19-7-4-17-12-26(58(49,50)51)29(30(40)21(17)13-19)38-35-23-9-8-20(14-25(23)57(46,47)48)56(44,45)11-10-55-59(52,53)54/h2-9,12-15,39-41H,10-11H2,1H3,(H,42,43)(H,46,47,48)(H,49,50,51)(H,52,53,54). The van der Waals surface area contributed by atoms with Gasteiger partial charge >= 0.3 is 16.4 Å². The molecule has 0 aliphatic heterocycles. The van der Waals surface area contributed by atoms with Crippen LogP contribution in [0.2, 0.25) is 0 Å². The zero-order valence-electron chi connectivity index (χ0n) is 29.4. The second-order valence-electron chi connectivity index (χ2n) is 11.9. The molecule has 5 aromatic rings. The zero-order valence-corrected chi connectivity index (χ0v) is 32.6. The number of azo groups is 3. The lowest BCUT2D eigenvalue weighted by Crippen LogP contribution is -2.16. The van der Waals surface area contributed by atoms with Crippen LogP contribution in [0.5, 0.6) is 17.2 Å². The number of phenolic OH excluding ortho intramolecular Hbond substituents is 3. The van der Waals surface area contributed by atoms with Crippen molar-refractivity contribution in [2.24, 2.45) is 30.7 Å². The number of carbonyl (C=O) groups is 1. The summed E-state index contributed by atoms with van der Waals surface area (Å²) in [4.78, 5) is 8.80. The molecule has 0 saturated carbocycles. The molecule has 5 rings (SSSR count). The van der Waals surface area contributed by atoms with Crippen molar-refractivity contribution >= 4 is 91.3 Å². The first kappa shape index (κ1) is 43.8. The fourth-order valence-corrected chi connectivity index (χ4v) is 7.85. The van der Waals surface area contributed by atoms with E-state index < -0.39 is 119 Å². The molecular formula is C32H26N6O17S4. The van der Waals surface area contributed by atoms with Crippen molar-refractivity contribution in [3.63, 3.8) is 0 Å². The highest BCUT2D eigenvalue weighted by molar-refractivity contribution is 7.91. The molecule has 5 aromatic carbocycles. The van der Waals surface area contributed by atoms with Gasteiger partial charge in [0.2, 0.25) is 0 Å². The van der Waals surface area contributed by atoms with Crippen LogP contribution in [-0.4, -0.2) is 86.1 Å². The molecule has 0 saturated heterocycles. The number of benzene rings is 5. The summed E-state index contributed by atoms with van der Waals surface area (Å²) in [5.74, 6) is -5.47. The number of hydrogen-bond acceptors (Lipinski definition) is 19. The molecule has 7 N–H and O–H groups in total. The number of sulfone groups is 1. The molecule has 0 fully saturated rings. The summed E-state index contributed by atoms with van der Waals surface area (Å²) in [5.41, 5.74) is -2.69. The van der Waals surface area contributed by atoms with E-state index in [0.29, 0.717) is 17.8 Å². The van der Waals surface area contributed by atoms with E-state index in [9.17, 15) is 68.0 Å². The van der Waals surface area contributed by atoms with E-state index in [-0.39, 0.29) is 16.5 Å². The van der Waals surface area contributed by atoms with Gasteiger partial charge in [0.1, 0.15) is 32.6 Å². The van der Waals surface area contributed by atoms with E-state index in [4.69, 9.17) is 4.55 Å². The highest BCUT2D eigenvalue weighted by atomic mass is 32.3. The maximum absolute atomic E-state index is 12.7. The van der Waals surface area contributed by atoms with Crippen LogP contribution < -0.4 is 0 Å². The lowest BCUT2D eigenvalue weighted by Gasteiger charge is -2.10. The Balaban J connectivity index is 1.57. The predicted molar refractivity (Wildman–Crippen MR) is 202 cm³/mol. The van der Waals surface area contributed by atoms with Gasteiger partial charge in [-0.2, -0.15) is 35.5 Å². The zero-order chi connectivity index (χ0) is 43.7. The van der Waals surface area contributed by atoms with Gasteiger partial charge in [-0.15, -0.1) is 20.5 Å². The number of rotatable bonds is 14. The smallest absolute Gasteiger partial charge is 0.397 e. The Hall–Kier alpha value is -6.33. The molecule has 0 spiro atoms. The molecule has 23 nitrogen and oxygen atoms in total. The van der Waals surface area contributed by atoms with Crippen LogP contribution in [0.4, 0.5) is 34.1 Å². The second-order valence-corrected chi connectivity index (χ2v) is 17.8. The van der Waals surface area contributed by atoms with Crippen molar-refractivity contribution in [3.05, 3.63) is 83.9 Å². The van der Waals surface area contributed by atoms with Gasteiger partial charge in [-0.3, -0.25) is 13.7 Å². The number of carboxylic acid groups (broad SMARTS) is 1. The van der Waals surface area contributed by atoms with Crippen molar-refractivity contribution in [3.8, 4) is 17.2 Å². The van der Waals surface area contributed by atoms with Crippen LogP contribution >= 0.6 is 0 Å². The van der Waals surface area contributed by atoms with Crippen LogP contribution in [0.25, 0.3) is 10.8 Å². The van der Waals surface area contributed by atoms with E-state index >= 15 is 0 Å². The number of aromatic carboxylic acids is 1. The van der Waals surface area contributed by atoms with Crippen molar-refractivity contribution in [2.45, 2.75) is 21.6 Å². The van der Waals surface area contributed by atoms with Crippen LogP contribution in [0, 0.1) is 6.92 Å². The summed E-state index contributed by atoms with van der Waals surface area (Å²) in [6.45, 7) is 0.735. The minimum Gasteiger partial charge on any atom is -0.505 e. The fourth-order valence-electron chi connectivity index (χ4n) is 4.96. The first-order chi connectivity index (χ1) is 27.4. The fraction of sp³-hybridized carbons (Fsp3) is 0.0938. The third-order valence-electron chi connectivity index (χ3n) is 7.75. The van der Waals surface area contributed by atoms with E-state index in [1.165, 1.54) is 12.1 Å². The quantitative estimate of drug-likeness (QED) is 0.0475. The molecule has 0 bridgehead atoms. The van der Waals surface area contributed by atoms with Crippen molar-refractivity contribution < 1.29 is 76.7 Å². The van der Waals surface area contributed by atoms with Gasteiger partial charge in [-0.05, 0) is 66.9 Å². The lowest BCUT2D eigenvalue weighted by atomic mass is 10.1. The molecular weight excluding hydrogens is 869 g/mol. The van der Waals surface area contributed by atoms with Crippen molar-refractivity contribution in [1.82, 2.24) is 0 Å². The third-order valence-corrected chi connectivity index (χ3v) is 11.6. The number of aromatic hydroxyl groups is 3. The summed E-state index contributed by atoms with van der Waals surface area (Å²) in [5, 5.41) is 64.5. The van der Waals surface area contributed by atoms with Gasteiger partial charge in [0.05, 0.1) is 34.2 Å². The van der Waals surface area contributed by atoms with Crippen molar-refractivity contribution in [2.75, 3.05) is 12.4 Å². The molecule has 0 heterocycles. The largest absolute Gasteiger partial charge is 0.505 e. The highest BCUT2D eigenvalue weighted by Gasteiger charge is 2.26. The molecule has 59 heavy (non-hydrogen) atoms. The topological polar surface area (TPSA) is 379 Å². The van der Waals surface area contributed by atoms with E-state index in [1.54, 1.807) is 24.3 Å². The van der Waals surface area contributed by atoms with Crippen LogP contribution in [-0.2, 0) is 44.7 Å². The molecule has 0 amide bonds. The number of aryl methyl sites for hydroxylation is 1. The lowest BCUT2D eigenvalue weighted by molar-refractivity contribution is 0.0696. The number of carboxylic acids is 1. The summed E-state index contributed by atoms with van der Waals surface area (Å²) in [6, 6.07) is 13.4. The number of fused-ring (bicyclic) bond motifs is 1. The maximum Gasteiger partial charge on any atom is 0.397 e. The van der Waals surface area contributed by atoms with Crippen LogP contribution in [0.3, 0.4) is 0 Å². The van der Waals surface area contributed by atoms with E-state index in [0.717, 1.165) is 29.8 Å². The van der Waals surface area contributed by atoms with Gasteiger partial charge in [0.25, 0.3) is 20.2 Å². The second kappa shape index (κ2) is 16.5. The molecule has 310 valence electrons. The van der Waals surface area contributed by atoms with Gasteiger partial charge in [-0.25, -0.2) is 17.4 Å². The number of phenols is 3. The first-order valence-electron chi connectivity index (χ1n) is 15.7. The molecule has 0 aromatic heterocycles. The van der Waals surface area contributed by atoms with E-state index in [2.05, 4.69) is 34.9 Å². The minimum atomic E-state index is -5.33. The SMILES string of the molecule is Cc1ccc(N=Nc2c(C(=O)O)cc(O)c(N=Nc3ccc4cc(S(=O)(=O)O)c(N=Nc5ccc(S(=O)(=O)CCOS(=O)(=O)O)cc5S(=O)(=O)O)c(O)c4c3)c2O)cc1. The predicted octanol–water partition coefficient (Wildman–Crippen LogP) is 6.30. The highest BCUT2D eigenvalue weighted by Crippen LogP contribution is 2.47. The Labute approximate surface area is 332 Å². The van der Waals surface area contributed by atoms with Gasteiger partial charge in [-0.1, -0.05) is 23.8 Å². The molecule has 27 heteroatoms. The molecule has 0 aliphatic rings. The summed E-state index contributed by atoms with van der Waals surface area (Å²) in [7, 11) is -20.1.